The van der Waals surface area contributed by atoms with Crippen LogP contribution in [0.25, 0.3) is 11.1 Å². The Morgan fingerprint density at radius 2 is 1.02 bits per heavy atom. The number of halogens is 8. The Morgan fingerprint density at radius 1 is 0.600 bits per heavy atom. The topological polar surface area (TPSA) is 0 Å². The average molecular weight is 809 g/mol. The van der Waals surface area contributed by atoms with Crippen LogP contribution in [0.15, 0.2) is 106 Å². The Bertz CT molecular complexity index is 1880. The molecule has 2 aliphatic rings. The molecule has 0 heterocycles. The van der Waals surface area contributed by atoms with Crippen LogP contribution in [0.5, 0.6) is 0 Å². The summed E-state index contributed by atoms with van der Waals surface area (Å²) in [7, 11) is 0. The van der Waals surface area contributed by atoms with Gasteiger partial charge in [-0.3, -0.25) is 0 Å². The first-order chi connectivity index (χ1) is 22.4. The van der Waals surface area contributed by atoms with E-state index in [1.54, 1.807) is 0 Å². The first kappa shape index (κ1) is 40.0. The number of alkyl halides is 6. The molecule has 0 aliphatic heterocycles. The van der Waals surface area contributed by atoms with Crippen LogP contribution in [0.2, 0.25) is 0 Å². The first-order valence-electron chi connectivity index (χ1n) is 16.1. The van der Waals surface area contributed by atoms with E-state index in [1.807, 2.05) is 18.2 Å². The molecule has 0 N–H and O–H groups in total. The zero-order valence-corrected chi connectivity index (χ0v) is 32.8. The van der Waals surface area contributed by atoms with Crippen molar-refractivity contribution in [1.29, 1.82) is 0 Å². The fourth-order valence-electron chi connectivity index (χ4n) is 6.96. The van der Waals surface area contributed by atoms with Gasteiger partial charge in [0.1, 0.15) is 0 Å². The molecule has 9 heteroatoms. The summed E-state index contributed by atoms with van der Waals surface area (Å²) < 4.78 is 89.8. The number of hydrogen-bond acceptors (Lipinski definition) is 0. The maximum Gasteiger partial charge on any atom is -0.147 e. The third-order valence-corrected chi connectivity index (χ3v) is 17.6. The maximum atomic E-state index is 14.8. The molecule has 0 amide bonds. The van der Waals surface area contributed by atoms with Gasteiger partial charge in [-0.2, -0.15) is 0 Å². The van der Waals surface area contributed by atoms with Crippen LogP contribution < -0.4 is 0 Å². The number of hydrogen-bond donors (Lipinski definition) is 0. The van der Waals surface area contributed by atoms with Gasteiger partial charge in [-0.25, -0.2) is 0 Å². The zero-order valence-electron chi connectivity index (χ0n) is 28.7. The van der Waals surface area contributed by atoms with Crippen molar-refractivity contribution in [2.75, 3.05) is 0 Å². The third kappa shape index (κ3) is 7.57. The standard InChI is InChI=1S/C21H25.C15H8F6.C5H5.2ClH.Zr/c1-20(2,3)16-9-7-14-11-15-8-10-17(21(4,5)6)13-19(15)18(14)12-16;16-14(17,18)12-7-3-1-5-10(12)9-11-6-2-4-8-13(11)15(19,20)21;1-2-4-5-3-1;;;/h7-13H,1-6H3;1-8H;1-3H,4H2;2*1H;. The van der Waals surface area contributed by atoms with Crippen LogP contribution in [-0.4, -0.2) is 3.21 Å². The van der Waals surface area contributed by atoms with E-state index in [2.05, 4.69) is 77.9 Å². The fraction of sp³-hybridized carbons (Fsp3) is 0.293. The molecule has 0 bridgehead atoms. The number of fused-ring (bicyclic) bond motifs is 3. The Labute approximate surface area is 310 Å². The SMILES string of the molecule is CC(C)(C)c1ccc2c(c1)-c1cc(C(C)(C)C)ccc1[CH]2[Zr]([C]1=CC=CC1)=[C](c1ccccc1C(F)(F)F)c1ccccc1C(F)(F)F.Cl.Cl. The summed E-state index contributed by atoms with van der Waals surface area (Å²) in [5.41, 5.74) is 3.79. The Kier molecular flexibility index (Phi) is 11.5. The molecule has 0 unspecified atom stereocenters. The Hall–Kier alpha value is -2.73. The van der Waals surface area contributed by atoms with Gasteiger partial charge in [-0.15, -0.1) is 24.8 Å². The number of rotatable bonds is 4. The van der Waals surface area contributed by atoms with Gasteiger partial charge in [0.25, 0.3) is 0 Å². The van der Waals surface area contributed by atoms with Gasteiger partial charge in [0.2, 0.25) is 0 Å². The summed E-state index contributed by atoms with van der Waals surface area (Å²) in [6.45, 7) is 12.8. The number of allylic oxidation sites excluding steroid dienone is 4. The van der Waals surface area contributed by atoms with Gasteiger partial charge in [-0.05, 0) is 0 Å². The Balaban J connectivity index is 0.00000281. The molecule has 0 spiro atoms. The molecule has 0 fully saturated rings. The summed E-state index contributed by atoms with van der Waals surface area (Å²) in [5.74, 6) is 0. The predicted octanol–water partition coefficient (Wildman–Crippen LogP) is 13.0. The molecule has 0 saturated heterocycles. The van der Waals surface area contributed by atoms with E-state index >= 15 is 0 Å². The second-order valence-corrected chi connectivity index (χ2v) is 21.0. The van der Waals surface area contributed by atoms with E-state index in [-0.39, 0.29) is 53.6 Å². The first-order valence-corrected chi connectivity index (χ1v) is 20.0. The Morgan fingerprint density at radius 3 is 1.38 bits per heavy atom. The molecule has 4 aromatic rings. The summed E-state index contributed by atoms with van der Waals surface area (Å²) in [6, 6.07) is 23.1. The van der Waals surface area contributed by atoms with Gasteiger partial charge in [0.15, 0.2) is 0 Å². The minimum Gasteiger partial charge on any atom is -0.147 e. The summed E-state index contributed by atoms with van der Waals surface area (Å²) in [4.78, 5) is 0. The molecule has 2 aliphatic carbocycles. The minimum absolute atomic E-state index is 0. The van der Waals surface area contributed by atoms with Gasteiger partial charge in [-0.1, -0.05) is 0 Å². The van der Waals surface area contributed by atoms with Crippen molar-refractivity contribution < 1.29 is 47.6 Å². The second kappa shape index (κ2) is 14.4. The fourth-order valence-corrected chi connectivity index (χ4v) is 16.1. The van der Waals surface area contributed by atoms with Crippen LogP contribution in [0.3, 0.4) is 0 Å². The van der Waals surface area contributed by atoms with E-state index < -0.39 is 44.7 Å². The van der Waals surface area contributed by atoms with Crippen LogP contribution in [-0.2, 0) is 44.4 Å². The number of benzene rings is 4. The largest absolute Gasteiger partial charge is 0.147 e. The van der Waals surface area contributed by atoms with Crippen molar-refractivity contribution in [3.63, 3.8) is 0 Å². The van der Waals surface area contributed by atoms with Crippen LogP contribution in [0, 0.1) is 0 Å². The molecule has 4 aromatic carbocycles. The third-order valence-electron chi connectivity index (χ3n) is 9.43. The van der Waals surface area contributed by atoms with E-state index in [1.165, 1.54) is 36.4 Å². The normalized spacial score (nSPS) is 14.4. The monoisotopic (exact) mass is 806 g/mol. The van der Waals surface area contributed by atoms with Gasteiger partial charge < -0.3 is 0 Å². The van der Waals surface area contributed by atoms with E-state index in [9.17, 15) is 26.3 Å². The summed E-state index contributed by atoms with van der Waals surface area (Å²) >= 11 is -3.87. The maximum absolute atomic E-state index is 14.8. The van der Waals surface area contributed by atoms with E-state index in [0.717, 1.165) is 48.8 Å². The van der Waals surface area contributed by atoms with Crippen molar-refractivity contribution in [2.24, 2.45) is 0 Å². The van der Waals surface area contributed by atoms with Crippen molar-refractivity contribution in [1.82, 2.24) is 0 Å². The quantitative estimate of drug-likeness (QED) is 0.180. The van der Waals surface area contributed by atoms with Gasteiger partial charge >= 0.3 is 288 Å². The molecule has 0 atom stereocenters. The molecular formula is C41H40Cl2F6Zr. The van der Waals surface area contributed by atoms with Crippen molar-refractivity contribution in [2.45, 2.75) is 74.8 Å². The summed E-state index contributed by atoms with van der Waals surface area (Å²) in [5, 5.41) is 0. The molecule has 0 nitrogen and oxygen atoms in total. The summed E-state index contributed by atoms with van der Waals surface area (Å²) in [6.07, 6.45) is -3.23. The molecule has 0 radical (unpaired) electrons. The van der Waals surface area contributed by atoms with E-state index in [0.29, 0.717) is 6.42 Å². The average Bonchev–Trinajstić information content (AvgIpc) is 3.64. The smallest absolute Gasteiger partial charge is 0.147 e. The van der Waals surface area contributed by atoms with Gasteiger partial charge in [0, 0.05) is 0 Å². The van der Waals surface area contributed by atoms with Crippen molar-refractivity contribution >= 4 is 28.0 Å². The second-order valence-electron chi connectivity index (χ2n) is 14.7. The van der Waals surface area contributed by atoms with Crippen molar-refractivity contribution in [3.05, 3.63) is 151 Å². The van der Waals surface area contributed by atoms with E-state index in [4.69, 9.17) is 0 Å². The molecule has 6 rings (SSSR count). The van der Waals surface area contributed by atoms with Gasteiger partial charge in [0.05, 0.1) is 0 Å². The predicted molar refractivity (Wildman–Crippen MR) is 194 cm³/mol. The molecule has 264 valence electrons. The zero-order chi connectivity index (χ0) is 34.8. The van der Waals surface area contributed by atoms with Crippen LogP contribution >= 0.6 is 24.8 Å². The molecule has 0 saturated carbocycles. The molecule has 0 aromatic heterocycles. The van der Waals surface area contributed by atoms with Crippen molar-refractivity contribution in [3.8, 4) is 11.1 Å². The minimum atomic E-state index is -4.76. The molecule has 50 heavy (non-hydrogen) atoms. The van der Waals surface area contributed by atoms with Crippen LogP contribution in [0.4, 0.5) is 26.3 Å². The molecular weight excluding hydrogens is 769 g/mol. The van der Waals surface area contributed by atoms with Crippen LogP contribution in [0.1, 0.15) is 96.1 Å².